The molecule has 2 aromatic heterocycles. The molecule has 102 valence electrons. The average molecular weight is 299 g/mol. The summed E-state index contributed by atoms with van der Waals surface area (Å²) in [6.45, 7) is 4.47. The SMILES string of the molecule is CCn1nc(C)c(Cl)c1CS(=O)c1ncccc1N. The van der Waals surface area contributed by atoms with Crippen LogP contribution in [0.5, 0.6) is 0 Å². The van der Waals surface area contributed by atoms with Gasteiger partial charge in [0.1, 0.15) is 5.03 Å². The number of pyridine rings is 1. The van der Waals surface area contributed by atoms with Crippen LogP contribution in [0.15, 0.2) is 23.4 Å². The Morgan fingerprint density at radius 2 is 2.26 bits per heavy atom. The lowest BCUT2D eigenvalue weighted by atomic mass is 10.4. The number of aryl methyl sites for hydroxylation is 2. The molecule has 19 heavy (non-hydrogen) atoms. The van der Waals surface area contributed by atoms with Gasteiger partial charge < -0.3 is 5.73 Å². The summed E-state index contributed by atoms with van der Waals surface area (Å²) in [5.74, 6) is 0.259. The van der Waals surface area contributed by atoms with Gasteiger partial charge >= 0.3 is 0 Å². The lowest BCUT2D eigenvalue weighted by Gasteiger charge is -2.06. The molecule has 0 radical (unpaired) electrons. The van der Waals surface area contributed by atoms with Crippen molar-refractivity contribution in [2.75, 3.05) is 5.73 Å². The van der Waals surface area contributed by atoms with Crippen LogP contribution < -0.4 is 5.73 Å². The standard InChI is InChI=1S/C12H15ClN4OS/c1-3-17-10(11(13)8(2)16-17)7-19(18)12-9(14)5-4-6-15-12/h4-6H,3,7,14H2,1-2H3. The highest BCUT2D eigenvalue weighted by atomic mass is 35.5. The monoisotopic (exact) mass is 298 g/mol. The minimum atomic E-state index is -1.34. The fourth-order valence-corrected chi connectivity index (χ4v) is 3.26. The molecule has 7 heteroatoms. The third kappa shape index (κ3) is 2.79. The average Bonchev–Trinajstić information content (AvgIpc) is 2.67. The number of nitrogens with two attached hydrogens (primary N) is 1. The zero-order chi connectivity index (χ0) is 14.0. The molecule has 0 saturated carbocycles. The fraction of sp³-hybridized carbons (Fsp3) is 0.333. The second-order valence-electron chi connectivity index (χ2n) is 4.05. The number of hydrogen-bond donors (Lipinski definition) is 1. The fourth-order valence-electron chi connectivity index (χ4n) is 1.79. The van der Waals surface area contributed by atoms with Gasteiger partial charge in [0.05, 0.1) is 38.7 Å². The number of anilines is 1. The van der Waals surface area contributed by atoms with E-state index >= 15 is 0 Å². The first-order valence-corrected chi connectivity index (χ1v) is 7.55. The second-order valence-corrected chi connectivity index (χ2v) is 5.79. The summed E-state index contributed by atoms with van der Waals surface area (Å²) < 4.78 is 14.1. The number of nitrogens with zero attached hydrogens (tertiary/aromatic N) is 3. The van der Waals surface area contributed by atoms with Crippen molar-refractivity contribution >= 4 is 28.1 Å². The lowest BCUT2D eigenvalue weighted by Crippen LogP contribution is -2.08. The van der Waals surface area contributed by atoms with E-state index in [9.17, 15) is 4.21 Å². The number of rotatable bonds is 4. The van der Waals surface area contributed by atoms with Crippen molar-refractivity contribution in [3.63, 3.8) is 0 Å². The molecule has 0 spiro atoms. The third-order valence-corrected chi connectivity index (χ3v) is 4.54. The van der Waals surface area contributed by atoms with Crippen molar-refractivity contribution in [1.82, 2.24) is 14.8 Å². The van der Waals surface area contributed by atoms with Gasteiger partial charge in [-0.3, -0.25) is 8.89 Å². The Balaban J connectivity index is 2.32. The Morgan fingerprint density at radius 1 is 1.53 bits per heavy atom. The third-order valence-electron chi connectivity index (χ3n) is 2.74. The predicted octanol–water partition coefficient (Wildman–Crippen LogP) is 2.15. The van der Waals surface area contributed by atoms with Crippen molar-refractivity contribution in [3.8, 4) is 0 Å². The van der Waals surface area contributed by atoms with Crippen LogP contribution in [0.1, 0.15) is 18.3 Å². The molecule has 2 rings (SSSR count). The van der Waals surface area contributed by atoms with Crippen molar-refractivity contribution in [2.45, 2.75) is 31.2 Å². The van der Waals surface area contributed by atoms with Gasteiger partial charge in [0.2, 0.25) is 0 Å². The molecule has 1 atom stereocenters. The number of aromatic nitrogens is 3. The summed E-state index contributed by atoms with van der Waals surface area (Å²) in [5.41, 5.74) is 7.70. The molecular formula is C12H15ClN4OS. The number of halogens is 1. The highest BCUT2D eigenvalue weighted by molar-refractivity contribution is 7.84. The molecule has 1 unspecified atom stereocenters. The van der Waals surface area contributed by atoms with Crippen LogP contribution in [0.25, 0.3) is 0 Å². The summed E-state index contributed by atoms with van der Waals surface area (Å²) in [6, 6.07) is 3.40. The van der Waals surface area contributed by atoms with E-state index in [1.807, 2.05) is 13.8 Å². The van der Waals surface area contributed by atoms with Crippen molar-refractivity contribution in [3.05, 3.63) is 34.7 Å². The molecule has 5 nitrogen and oxygen atoms in total. The molecule has 0 bridgehead atoms. The second kappa shape index (κ2) is 5.71. The van der Waals surface area contributed by atoms with E-state index in [0.717, 1.165) is 11.4 Å². The van der Waals surface area contributed by atoms with E-state index in [4.69, 9.17) is 17.3 Å². The summed E-state index contributed by atoms with van der Waals surface area (Å²) in [6.07, 6.45) is 1.58. The molecule has 0 fully saturated rings. The van der Waals surface area contributed by atoms with Gasteiger partial charge in [-0.25, -0.2) is 4.98 Å². The maximum Gasteiger partial charge on any atom is 0.150 e. The Bertz CT molecular complexity index is 626. The van der Waals surface area contributed by atoms with E-state index < -0.39 is 10.8 Å². The van der Waals surface area contributed by atoms with Crippen LogP contribution in [0.2, 0.25) is 5.02 Å². The minimum absolute atomic E-state index is 0.259. The van der Waals surface area contributed by atoms with Crippen LogP contribution in [0, 0.1) is 6.92 Å². The van der Waals surface area contributed by atoms with Gasteiger partial charge in [-0.1, -0.05) is 11.6 Å². The first-order valence-electron chi connectivity index (χ1n) is 5.85. The highest BCUT2D eigenvalue weighted by Gasteiger charge is 2.18. The quantitative estimate of drug-likeness (QED) is 0.938. The van der Waals surface area contributed by atoms with Crippen molar-refractivity contribution < 1.29 is 4.21 Å². The molecule has 0 aliphatic rings. The molecule has 2 heterocycles. The predicted molar refractivity (Wildman–Crippen MR) is 76.4 cm³/mol. The van der Waals surface area contributed by atoms with Crippen LogP contribution in [-0.4, -0.2) is 19.0 Å². The molecule has 0 aromatic carbocycles. The molecule has 2 N–H and O–H groups in total. The van der Waals surface area contributed by atoms with Crippen LogP contribution in [0.3, 0.4) is 0 Å². The zero-order valence-electron chi connectivity index (χ0n) is 10.8. The number of hydrogen-bond acceptors (Lipinski definition) is 4. The van der Waals surface area contributed by atoms with Crippen LogP contribution in [-0.2, 0) is 23.1 Å². The molecular weight excluding hydrogens is 284 g/mol. The van der Waals surface area contributed by atoms with Gasteiger partial charge in [0, 0.05) is 12.7 Å². The summed E-state index contributed by atoms with van der Waals surface area (Å²) in [4.78, 5) is 4.07. The Morgan fingerprint density at radius 3 is 2.89 bits per heavy atom. The van der Waals surface area contributed by atoms with E-state index in [2.05, 4.69) is 10.1 Å². The van der Waals surface area contributed by atoms with E-state index in [1.54, 1.807) is 23.0 Å². The first-order chi connectivity index (χ1) is 9.04. The first kappa shape index (κ1) is 14.0. The molecule has 0 aliphatic heterocycles. The van der Waals surface area contributed by atoms with Crippen LogP contribution >= 0.6 is 11.6 Å². The maximum atomic E-state index is 12.3. The lowest BCUT2D eigenvalue weighted by molar-refractivity contribution is 0.626. The van der Waals surface area contributed by atoms with E-state index in [1.165, 1.54) is 0 Å². The normalized spacial score (nSPS) is 12.6. The highest BCUT2D eigenvalue weighted by Crippen LogP contribution is 2.24. The maximum absolute atomic E-state index is 12.3. The largest absolute Gasteiger partial charge is 0.396 e. The summed E-state index contributed by atoms with van der Waals surface area (Å²) in [5, 5.41) is 5.25. The molecule has 0 saturated heterocycles. The van der Waals surface area contributed by atoms with Gasteiger partial charge in [-0.15, -0.1) is 0 Å². The Labute approximate surface area is 119 Å². The van der Waals surface area contributed by atoms with Gasteiger partial charge in [0.25, 0.3) is 0 Å². The minimum Gasteiger partial charge on any atom is -0.396 e. The zero-order valence-corrected chi connectivity index (χ0v) is 12.3. The summed E-state index contributed by atoms with van der Waals surface area (Å²) in [7, 11) is -1.34. The summed E-state index contributed by atoms with van der Waals surface area (Å²) >= 11 is 6.19. The van der Waals surface area contributed by atoms with Crippen LogP contribution in [0.4, 0.5) is 5.69 Å². The Kier molecular flexibility index (Phi) is 4.21. The number of nitrogen functional groups attached to an aromatic ring is 1. The molecule has 0 amide bonds. The Hall–Kier alpha value is -1.40. The van der Waals surface area contributed by atoms with Gasteiger partial charge in [0.15, 0.2) is 0 Å². The van der Waals surface area contributed by atoms with E-state index in [-0.39, 0.29) is 5.75 Å². The van der Waals surface area contributed by atoms with E-state index in [0.29, 0.717) is 22.3 Å². The molecule has 0 aliphatic carbocycles. The molecule has 2 aromatic rings. The van der Waals surface area contributed by atoms with Crippen molar-refractivity contribution in [1.29, 1.82) is 0 Å². The topological polar surface area (TPSA) is 73.8 Å². The van der Waals surface area contributed by atoms with Crippen molar-refractivity contribution in [2.24, 2.45) is 0 Å². The van der Waals surface area contributed by atoms with Gasteiger partial charge in [-0.2, -0.15) is 5.10 Å². The van der Waals surface area contributed by atoms with Gasteiger partial charge in [-0.05, 0) is 26.0 Å². The smallest absolute Gasteiger partial charge is 0.150 e.